The maximum Gasteiger partial charge on any atom is 0.410 e. The van der Waals surface area contributed by atoms with Gasteiger partial charge in [0.05, 0.1) is 27.4 Å². The van der Waals surface area contributed by atoms with Gasteiger partial charge in [0, 0.05) is 17.7 Å². The number of hydrogen-bond donors (Lipinski definition) is 0. The predicted molar refractivity (Wildman–Crippen MR) is 131 cm³/mol. The third-order valence-electron chi connectivity index (χ3n) is 7.15. The minimum absolute atomic E-state index is 0.109. The molecule has 0 bridgehead atoms. The Morgan fingerprint density at radius 3 is 2.58 bits per heavy atom. The molecule has 0 aromatic heterocycles. The molecule has 0 saturated heterocycles. The first-order valence-corrected chi connectivity index (χ1v) is 11.9. The van der Waals surface area contributed by atoms with Crippen LogP contribution in [0.25, 0.3) is 11.1 Å². The van der Waals surface area contributed by atoms with Gasteiger partial charge in [-0.05, 0) is 47.2 Å². The van der Waals surface area contributed by atoms with Gasteiger partial charge in [-0.1, -0.05) is 30.3 Å². The van der Waals surface area contributed by atoms with Crippen LogP contribution in [0.3, 0.4) is 0 Å². The number of rotatable bonds is 5. The second-order valence-corrected chi connectivity index (χ2v) is 8.93. The molecule has 1 atom stereocenters. The third kappa shape index (κ3) is 3.39. The summed E-state index contributed by atoms with van der Waals surface area (Å²) in [7, 11) is 4.68. The zero-order valence-electron chi connectivity index (χ0n) is 20.5. The Balaban J connectivity index is 1.52. The average Bonchev–Trinajstić information content (AvgIpc) is 3.41. The van der Waals surface area contributed by atoms with Crippen LogP contribution in [0.2, 0.25) is 0 Å². The van der Waals surface area contributed by atoms with Crippen molar-refractivity contribution in [2.45, 2.75) is 25.5 Å². The van der Waals surface area contributed by atoms with Gasteiger partial charge in [0.25, 0.3) is 0 Å². The number of amides is 1. The summed E-state index contributed by atoms with van der Waals surface area (Å²) < 4.78 is 34.7. The van der Waals surface area contributed by atoms with E-state index >= 15 is 0 Å². The first-order chi connectivity index (χ1) is 17.6. The summed E-state index contributed by atoms with van der Waals surface area (Å²) in [6.45, 7) is 1.04. The van der Waals surface area contributed by atoms with Crippen LogP contribution in [0.5, 0.6) is 28.7 Å². The van der Waals surface area contributed by atoms with E-state index in [1.54, 1.807) is 19.1 Å². The summed E-state index contributed by atoms with van der Waals surface area (Å²) in [6.07, 6.45) is 0.864. The highest BCUT2D eigenvalue weighted by Crippen LogP contribution is 2.59. The second-order valence-electron chi connectivity index (χ2n) is 8.93. The third-order valence-corrected chi connectivity index (χ3v) is 7.15. The van der Waals surface area contributed by atoms with Crippen LogP contribution in [-0.4, -0.2) is 45.7 Å². The number of benzene rings is 3. The molecule has 8 heteroatoms. The van der Waals surface area contributed by atoms with E-state index in [4.69, 9.17) is 28.4 Å². The first kappa shape index (κ1) is 22.4. The number of methoxy groups -OCH3 is 3. The highest BCUT2D eigenvalue weighted by molar-refractivity contribution is 5.88. The minimum atomic E-state index is -0.356. The number of fused-ring (bicyclic) bond motifs is 4. The van der Waals surface area contributed by atoms with Crippen molar-refractivity contribution in [1.29, 1.82) is 0 Å². The van der Waals surface area contributed by atoms with E-state index in [0.717, 1.165) is 33.4 Å². The Hall–Kier alpha value is -4.07. The van der Waals surface area contributed by atoms with Crippen molar-refractivity contribution in [2.75, 3.05) is 34.7 Å². The molecule has 1 amide bonds. The second kappa shape index (κ2) is 8.86. The Labute approximate surface area is 209 Å². The van der Waals surface area contributed by atoms with Gasteiger partial charge in [-0.25, -0.2) is 4.79 Å². The summed E-state index contributed by atoms with van der Waals surface area (Å²) in [5.41, 5.74) is 6.03. The van der Waals surface area contributed by atoms with Gasteiger partial charge in [-0.15, -0.1) is 0 Å². The fourth-order valence-corrected chi connectivity index (χ4v) is 5.58. The predicted octanol–water partition coefficient (Wildman–Crippen LogP) is 4.90. The lowest BCUT2D eigenvalue weighted by Gasteiger charge is -2.41. The topological polar surface area (TPSA) is 75.7 Å². The van der Waals surface area contributed by atoms with Crippen molar-refractivity contribution in [2.24, 2.45) is 0 Å². The lowest BCUT2D eigenvalue weighted by Crippen LogP contribution is -2.42. The van der Waals surface area contributed by atoms with Crippen molar-refractivity contribution in [3.8, 4) is 39.9 Å². The quantitative estimate of drug-likeness (QED) is 0.505. The highest BCUT2D eigenvalue weighted by Gasteiger charge is 2.43. The fraction of sp³-hybridized carbons (Fsp3) is 0.321. The SMILES string of the molecule is COC(=O)N1CCc2c(OC)c3c(c4c2C1Cc1cc(OCc2ccccc2)c(OC)cc1-4)OCO3. The van der Waals surface area contributed by atoms with E-state index in [1.165, 1.54) is 7.11 Å². The highest BCUT2D eigenvalue weighted by atomic mass is 16.7. The van der Waals surface area contributed by atoms with Crippen molar-refractivity contribution in [1.82, 2.24) is 4.90 Å². The van der Waals surface area contributed by atoms with Crippen LogP contribution in [0.15, 0.2) is 42.5 Å². The van der Waals surface area contributed by atoms with Gasteiger partial charge in [0.15, 0.2) is 23.0 Å². The molecule has 186 valence electrons. The molecule has 0 N–H and O–H groups in total. The molecule has 1 aliphatic carbocycles. The summed E-state index contributed by atoms with van der Waals surface area (Å²) in [4.78, 5) is 14.6. The summed E-state index contributed by atoms with van der Waals surface area (Å²) in [6, 6.07) is 13.8. The summed E-state index contributed by atoms with van der Waals surface area (Å²) >= 11 is 0. The number of hydrogen-bond acceptors (Lipinski definition) is 7. The molecule has 1 unspecified atom stereocenters. The smallest absolute Gasteiger partial charge is 0.410 e. The van der Waals surface area contributed by atoms with E-state index in [2.05, 4.69) is 0 Å². The minimum Gasteiger partial charge on any atom is -0.493 e. The lowest BCUT2D eigenvalue weighted by atomic mass is 9.76. The van der Waals surface area contributed by atoms with Crippen molar-refractivity contribution in [3.63, 3.8) is 0 Å². The molecule has 0 saturated carbocycles. The zero-order chi connectivity index (χ0) is 24.8. The maximum atomic E-state index is 12.8. The van der Waals surface area contributed by atoms with Gasteiger partial charge >= 0.3 is 6.09 Å². The Morgan fingerprint density at radius 1 is 1.03 bits per heavy atom. The monoisotopic (exact) mass is 489 g/mol. The van der Waals surface area contributed by atoms with Crippen LogP contribution >= 0.6 is 0 Å². The molecule has 0 fully saturated rings. The Morgan fingerprint density at radius 2 is 1.83 bits per heavy atom. The summed E-state index contributed by atoms with van der Waals surface area (Å²) in [5, 5.41) is 0. The maximum absolute atomic E-state index is 12.8. The first-order valence-electron chi connectivity index (χ1n) is 11.9. The van der Waals surface area contributed by atoms with Crippen LogP contribution in [0, 0.1) is 0 Å². The van der Waals surface area contributed by atoms with Crippen molar-refractivity contribution < 1.29 is 33.2 Å². The number of nitrogens with zero attached hydrogens (tertiary/aromatic N) is 1. The van der Waals surface area contributed by atoms with Crippen LogP contribution in [0.4, 0.5) is 4.79 Å². The zero-order valence-corrected chi connectivity index (χ0v) is 20.5. The Bertz CT molecular complexity index is 1340. The molecular formula is C28H27NO7. The van der Waals surface area contributed by atoms with Crippen LogP contribution in [-0.2, 0) is 24.2 Å². The van der Waals surface area contributed by atoms with Gasteiger partial charge in [0.2, 0.25) is 12.5 Å². The van der Waals surface area contributed by atoms with Crippen LogP contribution < -0.4 is 23.7 Å². The average molecular weight is 490 g/mol. The number of carbonyl (C=O) groups excluding carboxylic acids is 1. The molecule has 3 aliphatic rings. The van der Waals surface area contributed by atoms with E-state index in [1.807, 2.05) is 42.5 Å². The van der Waals surface area contributed by atoms with Crippen molar-refractivity contribution >= 4 is 6.09 Å². The van der Waals surface area contributed by atoms with Gasteiger partial charge in [-0.2, -0.15) is 0 Å². The molecule has 8 nitrogen and oxygen atoms in total. The van der Waals surface area contributed by atoms with E-state index in [0.29, 0.717) is 54.7 Å². The Kier molecular flexibility index (Phi) is 5.51. The molecular weight excluding hydrogens is 462 g/mol. The van der Waals surface area contributed by atoms with Gasteiger partial charge < -0.3 is 33.3 Å². The number of ether oxygens (including phenoxy) is 6. The molecule has 0 spiro atoms. The largest absolute Gasteiger partial charge is 0.493 e. The molecule has 2 aliphatic heterocycles. The standard InChI is InChI=1S/C28H27NO7/c1-31-21-13-19-17(12-22(21)34-14-16-7-5-4-6-8-16)11-20-23-18(9-10-29(20)28(30)33-3)25(32-2)27-26(24(19)23)35-15-36-27/h4-8,12-13,20H,9-11,14-15H2,1-3H3. The lowest BCUT2D eigenvalue weighted by molar-refractivity contribution is 0.0999. The van der Waals surface area contributed by atoms with Gasteiger partial charge in [0.1, 0.15) is 6.61 Å². The normalized spacial score (nSPS) is 16.6. The van der Waals surface area contributed by atoms with E-state index < -0.39 is 0 Å². The molecule has 6 rings (SSSR count). The molecule has 3 aromatic rings. The number of carbonyl (C=O) groups is 1. The van der Waals surface area contributed by atoms with Crippen molar-refractivity contribution in [3.05, 3.63) is 64.7 Å². The molecule has 0 radical (unpaired) electrons. The molecule has 2 heterocycles. The molecule has 36 heavy (non-hydrogen) atoms. The van der Waals surface area contributed by atoms with Crippen LogP contribution in [0.1, 0.15) is 28.3 Å². The summed E-state index contributed by atoms with van der Waals surface area (Å²) in [5.74, 6) is 3.18. The van der Waals surface area contributed by atoms with E-state index in [9.17, 15) is 4.79 Å². The van der Waals surface area contributed by atoms with Gasteiger partial charge in [-0.3, -0.25) is 0 Å². The molecule has 3 aromatic carbocycles. The van der Waals surface area contributed by atoms with E-state index in [-0.39, 0.29) is 18.9 Å². The fourth-order valence-electron chi connectivity index (χ4n) is 5.58.